The van der Waals surface area contributed by atoms with E-state index in [9.17, 15) is 0 Å². The number of fused-ring (bicyclic) bond motifs is 1. The molecule has 2 aliphatic rings. The third kappa shape index (κ3) is 2.81. The lowest BCUT2D eigenvalue weighted by atomic mass is 10.2. The van der Waals surface area contributed by atoms with Gasteiger partial charge in [0, 0.05) is 6.07 Å². The Hall–Kier alpha value is -1.93. The van der Waals surface area contributed by atoms with Crippen LogP contribution >= 0.6 is 0 Å². The zero-order valence-corrected chi connectivity index (χ0v) is 11.4. The first kappa shape index (κ1) is 13.1. The van der Waals surface area contributed by atoms with E-state index in [0.717, 1.165) is 30.3 Å². The van der Waals surface area contributed by atoms with E-state index >= 15 is 0 Å². The third-order valence-corrected chi connectivity index (χ3v) is 3.77. The molecular weight excluding hydrogens is 256 g/mol. The highest BCUT2D eigenvalue weighted by atomic mass is 16.7. The largest absolute Gasteiger partial charge is 0.492 e. The minimum atomic E-state index is 0.174. The molecular formula is C15H18N2O3. The standard InChI is InChI=1S/C15H18N2O3/c16-6-5-12(17-7-1-2-8-17)10-18-13-3-4-14-15(9-13)20-11-19-14/h3-4,9,12H,1-2,5,7-8,10-11H2. The highest BCUT2D eigenvalue weighted by Crippen LogP contribution is 2.35. The zero-order chi connectivity index (χ0) is 13.8. The van der Waals surface area contributed by atoms with E-state index in [1.807, 2.05) is 18.2 Å². The number of ether oxygens (including phenoxy) is 3. The van der Waals surface area contributed by atoms with Crippen LogP contribution in [0.25, 0.3) is 0 Å². The summed E-state index contributed by atoms with van der Waals surface area (Å²) in [5.74, 6) is 2.24. The number of hydrogen-bond acceptors (Lipinski definition) is 5. The number of likely N-dealkylation sites (tertiary alicyclic amines) is 1. The van der Waals surface area contributed by atoms with Gasteiger partial charge < -0.3 is 14.2 Å². The average molecular weight is 274 g/mol. The summed E-state index contributed by atoms with van der Waals surface area (Å²) in [6.07, 6.45) is 2.93. The van der Waals surface area contributed by atoms with Crippen LogP contribution in [0.2, 0.25) is 0 Å². The van der Waals surface area contributed by atoms with Gasteiger partial charge >= 0.3 is 0 Å². The second-order valence-corrected chi connectivity index (χ2v) is 5.09. The van der Waals surface area contributed by atoms with Crippen LogP contribution in [0.1, 0.15) is 19.3 Å². The van der Waals surface area contributed by atoms with Gasteiger partial charge in [0.2, 0.25) is 6.79 Å². The van der Waals surface area contributed by atoms with Gasteiger partial charge in [0.15, 0.2) is 11.5 Å². The Morgan fingerprint density at radius 3 is 2.85 bits per heavy atom. The van der Waals surface area contributed by atoms with E-state index in [1.54, 1.807) is 0 Å². The molecule has 0 bridgehead atoms. The van der Waals surface area contributed by atoms with Gasteiger partial charge in [-0.2, -0.15) is 5.26 Å². The SMILES string of the molecule is N#CCC(COc1ccc2c(c1)OCO2)N1CCCC1. The van der Waals surface area contributed by atoms with Crippen molar-refractivity contribution in [3.8, 4) is 23.3 Å². The molecule has 1 aromatic rings. The number of rotatable bonds is 5. The maximum Gasteiger partial charge on any atom is 0.231 e. The molecule has 1 unspecified atom stereocenters. The van der Waals surface area contributed by atoms with Crippen LogP contribution in [-0.2, 0) is 0 Å². The predicted octanol–water partition coefficient (Wildman–Crippen LogP) is 2.17. The van der Waals surface area contributed by atoms with Crippen molar-refractivity contribution < 1.29 is 14.2 Å². The second kappa shape index (κ2) is 6.02. The summed E-state index contributed by atoms with van der Waals surface area (Å²) in [6, 6.07) is 8.00. The number of hydrogen-bond donors (Lipinski definition) is 0. The van der Waals surface area contributed by atoms with Gasteiger partial charge in [-0.1, -0.05) is 0 Å². The van der Waals surface area contributed by atoms with E-state index in [-0.39, 0.29) is 12.8 Å². The second-order valence-electron chi connectivity index (χ2n) is 5.09. The molecule has 5 nitrogen and oxygen atoms in total. The maximum absolute atomic E-state index is 8.95. The number of nitrogens with zero attached hydrogens (tertiary/aromatic N) is 2. The average Bonchev–Trinajstić information content (AvgIpc) is 3.13. The summed E-state index contributed by atoms with van der Waals surface area (Å²) in [6.45, 7) is 2.94. The van der Waals surface area contributed by atoms with Crippen molar-refractivity contribution in [3.05, 3.63) is 18.2 Å². The molecule has 0 amide bonds. The van der Waals surface area contributed by atoms with E-state index < -0.39 is 0 Å². The lowest BCUT2D eigenvalue weighted by molar-refractivity contribution is 0.161. The van der Waals surface area contributed by atoms with Gasteiger partial charge in [-0.25, -0.2) is 0 Å². The number of nitriles is 1. The Labute approximate surface area is 118 Å². The third-order valence-electron chi connectivity index (χ3n) is 3.77. The van der Waals surface area contributed by atoms with Crippen LogP contribution < -0.4 is 14.2 Å². The lowest BCUT2D eigenvalue weighted by Crippen LogP contribution is -2.37. The molecule has 2 heterocycles. The first-order valence-corrected chi connectivity index (χ1v) is 7.00. The van der Waals surface area contributed by atoms with Crippen LogP contribution in [0, 0.1) is 11.3 Å². The Balaban J connectivity index is 1.60. The molecule has 0 spiro atoms. The minimum absolute atomic E-state index is 0.174. The van der Waals surface area contributed by atoms with Crippen molar-refractivity contribution in [1.82, 2.24) is 4.90 Å². The highest BCUT2D eigenvalue weighted by Gasteiger charge is 2.22. The fourth-order valence-corrected chi connectivity index (χ4v) is 2.66. The highest BCUT2D eigenvalue weighted by molar-refractivity contribution is 5.46. The Morgan fingerprint density at radius 1 is 1.25 bits per heavy atom. The molecule has 0 aromatic heterocycles. The summed E-state index contributed by atoms with van der Waals surface area (Å²) in [4.78, 5) is 2.34. The molecule has 1 aromatic carbocycles. The molecule has 0 saturated carbocycles. The van der Waals surface area contributed by atoms with Crippen LogP contribution in [0.3, 0.4) is 0 Å². The van der Waals surface area contributed by atoms with Gasteiger partial charge in [0.25, 0.3) is 0 Å². The number of benzene rings is 1. The van der Waals surface area contributed by atoms with Crippen molar-refractivity contribution in [2.45, 2.75) is 25.3 Å². The fraction of sp³-hybridized carbons (Fsp3) is 0.533. The van der Waals surface area contributed by atoms with Gasteiger partial charge in [-0.15, -0.1) is 0 Å². The van der Waals surface area contributed by atoms with Crippen LogP contribution in [0.4, 0.5) is 0 Å². The van der Waals surface area contributed by atoms with Gasteiger partial charge in [0.1, 0.15) is 12.4 Å². The Kier molecular flexibility index (Phi) is 3.93. The molecule has 106 valence electrons. The molecule has 1 atom stereocenters. The van der Waals surface area contributed by atoms with Crippen molar-refractivity contribution in [1.29, 1.82) is 5.26 Å². The lowest BCUT2D eigenvalue weighted by Gasteiger charge is -2.25. The molecule has 0 radical (unpaired) electrons. The van der Waals surface area contributed by atoms with Crippen molar-refractivity contribution >= 4 is 0 Å². The zero-order valence-electron chi connectivity index (χ0n) is 11.4. The predicted molar refractivity (Wildman–Crippen MR) is 72.9 cm³/mol. The van der Waals surface area contributed by atoms with E-state index in [4.69, 9.17) is 19.5 Å². The smallest absolute Gasteiger partial charge is 0.231 e. The molecule has 2 aliphatic heterocycles. The van der Waals surface area contributed by atoms with Gasteiger partial charge in [-0.05, 0) is 38.1 Å². The molecule has 3 rings (SSSR count). The van der Waals surface area contributed by atoms with E-state index in [1.165, 1.54) is 12.8 Å². The monoisotopic (exact) mass is 274 g/mol. The summed E-state index contributed by atoms with van der Waals surface area (Å²) in [5, 5.41) is 8.95. The first-order valence-electron chi connectivity index (χ1n) is 7.00. The van der Waals surface area contributed by atoms with E-state index in [2.05, 4.69) is 11.0 Å². The topological polar surface area (TPSA) is 54.7 Å². The molecule has 1 fully saturated rings. The van der Waals surface area contributed by atoms with Crippen molar-refractivity contribution in [3.63, 3.8) is 0 Å². The Bertz CT molecular complexity index is 506. The molecule has 1 saturated heterocycles. The van der Waals surface area contributed by atoms with Gasteiger partial charge in [0.05, 0.1) is 18.5 Å². The van der Waals surface area contributed by atoms with Crippen molar-refractivity contribution in [2.24, 2.45) is 0 Å². The normalized spacial score (nSPS) is 18.8. The molecule has 20 heavy (non-hydrogen) atoms. The minimum Gasteiger partial charge on any atom is -0.492 e. The molecule has 5 heteroatoms. The van der Waals surface area contributed by atoms with E-state index in [0.29, 0.717) is 13.0 Å². The summed E-state index contributed by atoms with van der Waals surface area (Å²) in [7, 11) is 0. The van der Waals surface area contributed by atoms with Crippen molar-refractivity contribution in [2.75, 3.05) is 26.5 Å². The van der Waals surface area contributed by atoms with Crippen LogP contribution in [0.5, 0.6) is 17.2 Å². The summed E-state index contributed by atoms with van der Waals surface area (Å²) < 4.78 is 16.4. The Morgan fingerprint density at radius 2 is 2.05 bits per heavy atom. The van der Waals surface area contributed by atoms with Gasteiger partial charge in [-0.3, -0.25) is 4.90 Å². The summed E-state index contributed by atoms with van der Waals surface area (Å²) in [5.41, 5.74) is 0. The fourth-order valence-electron chi connectivity index (χ4n) is 2.66. The molecule has 0 aliphatic carbocycles. The quantitative estimate of drug-likeness (QED) is 0.823. The summed E-state index contributed by atoms with van der Waals surface area (Å²) >= 11 is 0. The van der Waals surface area contributed by atoms with Crippen LogP contribution in [0.15, 0.2) is 18.2 Å². The molecule has 0 N–H and O–H groups in total. The van der Waals surface area contributed by atoms with Crippen LogP contribution in [-0.4, -0.2) is 37.4 Å². The first-order chi connectivity index (χ1) is 9.86. The maximum atomic E-state index is 8.95.